The van der Waals surface area contributed by atoms with Crippen LogP contribution in [0.25, 0.3) is 0 Å². The van der Waals surface area contributed by atoms with Crippen LogP contribution >= 0.6 is 0 Å². The fraction of sp³-hybridized carbons (Fsp3) is 1.00. The van der Waals surface area contributed by atoms with E-state index in [1.165, 1.54) is 155 Å². The summed E-state index contributed by atoms with van der Waals surface area (Å²) in [6.45, 7) is 19.7. The van der Waals surface area contributed by atoms with Crippen LogP contribution in [0.1, 0.15) is 170 Å². The lowest BCUT2D eigenvalue weighted by molar-refractivity contribution is 0.00119. The molecule has 36 heavy (non-hydrogen) atoms. The van der Waals surface area contributed by atoms with Crippen molar-refractivity contribution in [2.75, 3.05) is 26.2 Å². The molecule has 1 aliphatic heterocycles. The molecule has 1 rings (SSSR count). The average Bonchev–Trinajstić information content (AvgIpc) is 2.88. The third-order valence-electron chi connectivity index (χ3n) is 9.09. The van der Waals surface area contributed by atoms with Crippen molar-refractivity contribution < 1.29 is 0 Å². The third kappa shape index (κ3) is 15.4. The summed E-state index contributed by atoms with van der Waals surface area (Å²) in [7, 11) is 0. The van der Waals surface area contributed by atoms with Gasteiger partial charge in [-0.15, -0.1) is 0 Å². The smallest absolute Gasteiger partial charge is 0.0224 e. The Kier molecular flexibility index (Phi) is 21.6. The van der Waals surface area contributed by atoms with Crippen molar-refractivity contribution in [2.45, 2.75) is 182 Å². The quantitative estimate of drug-likeness (QED) is 0.120. The van der Waals surface area contributed by atoms with Gasteiger partial charge in [0.25, 0.3) is 0 Å². The summed E-state index contributed by atoms with van der Waals surface area (Å²) < 4.78 is 0. The maximum atomic E-state index is 3.01. The molecule has 3 atom stereocenters. The number of hydrogen-bond acceptors (Lipinski definition) is 2. The Morgan fingerprint density at radius 2 is 0.944 bits per heavy atom. The standard InChI is InChI=1S/C34H70N2/c1-7-12-15-18-21-24-31(6)27-35-29-33(10-4)36(34(11-5)30-35)28-32(25-22-19-16-13-8-2)26-23-20-17-14-9-3/h31-34H,7-30H2,1-6H3/t31?,33-,34+. The molecular weight excluding hydrogens is 436 g/mol. The van der Waals surface area contributed by atoms with Gasteiger partial charge in [0.05, 0.1) is 0 Å². The maximum absolute atomic E-state index is 3.01. The van der Waals surface area contributed by atoms with Gasteiger partial charge < -0.3 is 0 Å². The first kappa shape index (κ1) is 33.9. The first-order valence-electron chi connectivity index (χ1n) is 17.1. The molecule has 0 spiro atoms. The lowest BCUT2D eigenvalue weighted by Gasteiger charge is -2.48. The Labute approximate surface area is 229 Å². The van der Waals surface area contributed by atoms with Gasteiger partial charge in [-0.25, -0.2) is 0 Å². The molecule has 1 heterocycles. The molecule has 1 unspecified atom stereocenters. The molecule has 1 aliphatic rings. The van der Waals surface area contributed by atoms with E-state index in [0.29, 0.717) is 0 Å². The van der Waals surface area contributed by atoms with Gasteiger partial charge in [0.2, 0.25) is 0 Å². The number of nitrogens with zero attached hydrogens (tertiary/aromatic N) is 2. The molecule has 0 aromatic heterocycles. The molecule has 0 saturated carbocycles. The van der Waals surface area contributed by atoms with E-state index in [1.54, 1.807) is 0 Å². The number of unbranched alkanes of at least 4 members (excludes halogenated alkanes) is 12. The monoisotopic (exact) mass is 507 g/mol. The third-order valence-corrected chi connectivity index (χ3v) is 9.09. The van der Waals surface area contributed by atoms with Gasteiger partial charge >= 0.3 is 0 Å². The van der Waals surface area contributed by atoms with Crippen molar-refractivity contribution in [3.05, 3.63) is 0 Å². The molecule has 2 nitrogen and oxygen atoms in total. The topological polar surface area (TPSA) is 6.48 Å². The molecule has 216 valence electrons. The van der Waals surface area contributed by atoms with Crippen LogP contribution in [0.2, 0.25) is 0 Å². The lowest BCUT2D eigenvalue weighted by atomic mass is 9.91. The van der Waals surface area contributed by atoms with Crippen LogP contribution in [0.4, 0.5) is 0 Å². The summed E-state index contributed by atoms with van der Waals surface area (Å²) in [6, 6.07) is 1.53. The van der Waals surface area contributed by atoms with Crippen molar-refractivity contribution in [3.8, 4) is 0 Å². The molecule has 0 aliphatic carbocycles. The summed E-state index contributed by atoms with van der Waals surface area (Å²) >= 11 is 0. The molecule has 1 saturated heterocycles. The van der Waals surface area contributed by atoms with Gasteiger partial charge in [-0.05, 0) is 43.9 Å². The molecule has 0 bridgehead atoms. The molecule has 0 aromatic carbocycles. The zero-order chi connectivity index (χ0) is 26.4. The first-order chi connectivity index (χ1) is 17.6. The Balaban J connectivity index is 2.62. The van der Waals surface area contributed by atoms with E-state index >= 15 is 0 Å². The Morgan fingerprint density at radius 1 is 0.528 bits per heavy atom. The van der Waals surface area contributed by atoms with Crippen LogP contribution in [0.3, 0.4) is 0 Å². The van der Waals surface area contributed by atoms with E-state index in [-0.39, 0.29) is 0 Å². The van der Waals surface area contributed by atoms with E-state index in [9.17, 15) is 0 Å². The van der Waals surface area contributed by atoms with Crippen LogP contribution in [-0.2, 0) is 0 Å². The second kappa shape index (κ2) is 22.9. The predicted molar refractivity (Wildman–Crippen MR) is 164 cm³/mol. The normalized spacial score (nSPS) is 20.4. The SMILES string of the molecule is CCCCCCCC(C)CN1C[C@@H](CC)N(CC(CCCCCCC)CCCCCCC)[C@@H](CC)C1. The zero-order valence-electron chi connectivity index (χ0n) is 26.2. The average molecular weight is 507 g/mol. The Morgan fingerprint density at radius 3 is 1.36 bits per heavy atom. The Bertz CT molecular complexity index is 436. The molecule has 0 N–H and O–H groups in total. The van der Waals surface area contributed by atoms with Crippen molar-refractivity contribution in [1.82, 2.24) is 9.80 Å². The molecular formula is C34H70N2. The number of rotatable bonds is 24. The fourth-order valence-electron chi connectivity index (χ4n) is 6.68. The Hall–Kier alpha value is -0.0800. The lowest BCUT2D eigenvalue weighted by Crippen LogP contribution is -2.59. The van der Waals surface area contributed by atoms with Crippen molar-refractivity contribution in [1.29, 1.82) is 0 Å². The van der Waals surface area contributed by atoms with E-state index < -0.39 is 0 Å². The molecule has 2 heteroatoms. The van der Waals surface area contributed by atoms with Crippen LogP contribution in [0.5, 0.6) is 0 Å². The summed E-state index contributed by atoms with van der Waals surface area (Å²) in [4.78, 5) is 5.87. The fourth-order valence-corrected chi connectivity index (χ4v) is 6.68. The molecule has 1 fully saturated rings. The largest absolute Gasteiger partial charge is 0.300 e. The predicted octanol–water partition coefficient (Wildman–Crippen LogP) is 10.5. The van der Waals surface area contributed by atoms with Gasteiger partial charge in [-0.3, -0.25) is 9.80 Å². The van der Waals surface area contributed by atoms with Gasteiger partial charge in [-0.1, -0.05) is 138 Å². The molecule has 0 amide bonds. The van der Waals surface area contributed by atoms with E-state index in [1.807, 2.05) is 0 Å². The van der Waals surface area contributed by atoms with E-state index in [0.717, 1.165) is 23.9 Å². The maximum Gasteiger partial charge on any atom is 0.0224 e. The van der Waals surface area contributed by atoms with Crippen LogP contribution in [-0.4, -0.2) is 48.1 Å². The summed E-state index contributed by atoms with van der Waals surface area (Å²) in [5, 5.41) is 0. The highest BCUT2D eigenvalue weighted by atomic mass is 15.3. The van der Waals surface area contributed by atoms with Gasteiger partial charge in [-0.2, -0.15) is 0 Å². The summed E-state index contributed by atoms with van der Waals surface area (Å²) in [6.07, 6.45) is 28.4. The van der Waals surface area contributed by atoms with E-state index in [2.05, 4.69) is 51.3 Å². The highest BCUT2D eigenvalue weighted by molar-refractivity contribution is 4.90. The summed E-state index contributed by atoms with van der Waals surface area (Å²) in [5.74, 6) is 1.78. The van der Waals surface area contributed by atoms with Crippen molar-refractivity contribution in [3.63, 3.8) is 0 Å². The molecule has 0 aromatic rings. The second-order valence-corrected chi connectivity index (χ2v) is 12.6. The second-order valence-electron chi connectivity index (χ2n) is 12.6. The van der Waals surface area contributed by atoms with E-state index in [4.69, 9.17) is 0 Å². The minimum Gasteiger partial charge on any atom is -0.300 e. The zero-order valence-corrected chi connectivity index (χ0v) is 26.2. The minimum atomic E-state index is 0.767. The van der Waals surface area contributed by atoms with Crippen LogP contribution in [0.15, 0.2) is 0 Å². The van der Waals surface area contributed by atoms with Crippen LogP contribution in [0, 0.1) is 11.8 Å². The van der Waals surface area contributed by atoms with Gasteiger partial charge in [0.15, 0.2) is 0 Å². The van der Waals surface area contributed by atoms with Gasteiger partial charge in [0, 0.05) is 38.3 Å². The molecule has 0 radical (unpaired) electrons. The van der Waals surface area contributed by atoms with Crippen LogP contribution < -0.4 is 0 Å². The highest BCUT2D eigenvalue weighted by Crippen LogP contribution is 2.27. The summed E-state index contributed by atoms with van der Waals surface area (Å²) in [5.41, 5.74) is 0. The van der Waals surface area contributed by atoms with Crippen molar-refractivity contribution >= 4 is 0 Å². The van der Waals surface area contributed by atoms with Crippen molar-refractivity contribution in [2.24, 2.45) is 11.8 Å². The highest BCUT2D eigenvalue weighted by Gasteiger charge is 2.34. The van der Waals surface area contributed by atoms with Gasteiger partial charge in [0.1, 0.15) is 0 Å². The first-order valence-corrected chi connectivity index (χ1v) is 17.1. The minimum absolute atomic E-state index is 0.767. The number of piperazine rings is 1. The number of hydrogen-bond donors (Lipinski definition) is 0.